The minimum Gasteiger partial charge on any atom is -0.286 e. The van der Waals surface area contributed by atoms with Crippen LogP contribution in [0.1, 0.15) is 45.6 Å². The van der Waals surface area contributed by atoms with E-state index in [9.17, 15) is 14.8 Å². The summed E-state index contributed by atoms with van der Waals surface area (Å²) in [5.41, 5.74) is 7.60. The number of anilines is 1. The lowest BCUT2D eigenvalue weighted by Gasteiger charge is -2.26. The van der Waals surface area contributed by atoms with E-state index in [0.29, 0.717) is 22.5 Å². The fourth-order valence-corrected chi connectivity index (χ4v) is 2.69. The summed E-state index contributed by atoms with van der Waals surface area (Å²) >= 11 is 0. The monoisotopic (exact) mass is 388 g/mol. The minimum atomic E-state index is -0.580. The van der Waals surface area contributed by atoms with Gasteiger partial charge in [0.05, 0.1) is 18.0 Å². The first-order chi connectivity index (χ1) is 13.3. The first-order valence-electron chi connectivity index (χ1n) is 9.32. The van der Waals surface area contributed by atoms with Crippen molar-refractivity contribution in [2.75, 3.05) is 12.0 Å². The highest BCUT2D eigenvalue weighted by molar-refractivity contribution is 5.81. The van der Waals surface area contributed by atoms with Gasteiger partial charge in [-0.05, 0) is 36.8 Å². The van der Waals surface area contributed by atoms with E-state index in [4.69, 9.17) is 0 Å². The Morgan fingerprint density at radius 2 is 2.11 bits per heavy atom. The van der Waals surface area contributed by atoms with Gasteiger partial charge in [-0.25, -0.2) is 10.0 Å². The molecule has 0 spiro atoms. The zero-order valence-corrected chi connectivity index (χ0v) is 16.8. The molecule has 2 aromatic rings. The third-order valence-corrected chi connectivity index (χ3v) is 5.01. The molecule has 1 aromatic heterocycles. The Kier molecular flexibility index (Phi) is 7.22. The van der Waals surface area contributed by atoms with Crippen LogP contribution in [0.15, 0.2) is 18.2 Å². The van der Waals surface area contributed by atoms with Gasteiger partial charge in [-0.2, -0.15) is 0 Å². The third kappa shape index (κ3) is 5.85. The molecule has 0 saturated carbocycles. The molecule has 1 aromatic carbocycles. The Bertz CT molecular complexity index is 826. The Morgan fingerprint density at radius 3 is 2.79 bits per heavy atom. The van der Waals surface area contributed by atoms with Gasteiger partial charge in [0.1, 0.15) is 5.52 Å². The van der Waals surface area contributed by atoms with Crippen molar-refractivity contribution in [1.82, 2.24) is 25.7 Å². The molecule has 1 atom stereocenters. The fraction of sp³-hybridized carbons (Fsp3) is 0.526. The maximum atomic E-state index is 12.6. The van der Waals surface area contributed by atoms with Crippen molar-refractivity contribution in [2.24, 2.45) is 11.3 Å². The van der Waals surface area contributed by atoms with Crippen LogP contribution in [0.2, 0.25) is 0 Å². The maximum absolute atomic E-state index is 12.6. The van der Waals surface area contributed by atoms with Gasteiger partial charge in [0, 0.05) is 0 Å². The average molecular weight is 388 g/mol. The normalized spacial score (nSPS) is 12.5. The van der Waals surface area contributed by atoms with Gasteiger partial charge in [-0.15, -0.1) is 10.2 Å². The molecular weight excluding hydrogens is 360 g/mol. The van der Waals surface area contributed by atoms with Crippen LogP contribution in [0.5, 0.6) is 0 Å². The number of aromatic nitrogens is 3. The van der Waals surface area contributed by atoms with E-state index >= 15 is 0 Å². The molecule has 9 nitrogen and oxygen atoms in total. The van der Waals surface area contributed by atoms with E-state index in [1.54, 1.807) is 0 Å². The van der Waals surface area contributed by atoms with E-state index in [0.717, 1.165) is 18.4 Å². The molecule has 1 heterocycles. The molecule has 28 heavy (non-hydrogen) atoms. The molecule has 0 aliphatic rings. The SMILES string of the molecule is CCC(C)(C)CC[C@H](CN(O)C=O)C(=O)NNc1nnc2cccc(C)c2n1. The zero-order valence-electron chi connectivity index (χ0n) is 16.8. The number of aryl methyl sites for hydroxylation is 1. The number of hydrogen-bond acceptors (Lipinski definition) is 7. The second-order valence-corrected chi connectivity index (χ2v) is 7.67. The van der Waals surface area contributed by atoms with Crippen LogP contribution in [0.3, 0.4) is 0 Å². The van der Waals surface area contributed by atoms with Crippen LogP contribution >= 0.6 is 0 Å². The Hall–Kier alpha value is -2.81. The highest BCUT2D eigenvalue weighted by atomic mass is 16.5. The van der Waals surface area contributed by atoms with E-state index in [1.807, 2.05) is 25.1 Å². The third-order valence-electron chi connectivity index (χ3n) is 5.01. The average Bonchev–Trinajstić information content (AvgIpc) is 2.69. The molecule has 152 valence electrons. The molecule has 0 fully saturated rings. The number of para-hydroxylation sites is 1. The number of benzene rings is 1. The lowest BCUT2D eigenvalue weighted by atomic mass is 9.82. The maximum Gasteiger partial charge on any atom is 0.262 e. The number of carbonyl (C=O) groups is 2. The molecule has 9 heteroatoms. The van der Waals surface area contributed by atoms with Crippen LogP contribution in [-0.2, 0) is 9.59 Å². The Morgan fingerprint density at radius 1 is 1.36 bits per heavy atom. The molecule has 0 bridgehead atoms. The molecule has 2 rings (SSSR count). The molecule has 0 unspecified atom stereocenters. The first kappa shape index (κ1) is 21.5. The number of rotatable bonds is 10. The Balaban J connectivity index is 2.05. The van der Waals surface area contributed by atoms with Gasteiger partial charge in [-0.1, -0.05) is 39.3 Å². The van der Waals surface area contributed by atoms with Gasteiger partial charge in [-0.3, -0.25) is 25.6 Å². The molecule has 0 radical (unpaired) electrons. The first-order valence-corrected chi connectivity index (χ1v) is 9.32. The summed E-state index contributed by atoms with van der Waals surface area (Å²) in [4.78, 5) is 27.7. The summed E-state index contributed by atoms with van der Waals surface area (Å²) in [5, 5.41) is 18.1. The number of hydroxylamine groups is 2. The predicted molar refractivity (Wildman–Crippen MR) is 105 cm³/mol. The largest absolute Gasteiger partial charge is 0.286 e. The summed E-state index contributed by atoms with van der Waals surface area (Å²) in [6, 6.07) is 5.60. The van der Waals surface area contributed by atoms with Crippen LogP contribution in [0, 0.1) is 18.3 Å². The second-order valence-electron chi connectivity index (χ2n) is 7.67. The van der Waals surface area contributed by atoms with Crippen molar-refractivity contribution >= 4 is 29.3 Å². The molecular formula is C19H28N6O3. The fourth-order valence-electron chi connectivity index (χ4n) is 2.69. The lowest BCUT2D eigenvalue weighted by Crippen LogP contribution is -2.41. The van der Waals surface area contributed by atoms with Crippen LogP contribution in [0.4, 0.5) is 5.95 Å². The number of nitrogens with zero attached hydrogens (tertiary/aromatic N) is 4. The van der Waals surface area contributed by atoms with E-state index in [1.165, 1.54) is 0 Å². The quantitative estimate of drug-likeness (QED) is 0.325. The van der Waals surface area contributed by atoms with Crippen molar-refractivity contribution in [1.29, 1.82) is 0 Å². The second kappa shape index (κ2) is 9.41. The van der Waals surface area contributed by atoms with E-state index < -0.39 is 5.92 Å². The van der Waals surface area contributed by atoms with Crippen molar-refractivity contribution < 1.29 is 14.8 Å². The highest BCUT2D eigenvalue weighted by Crippen LogP contribution is 2.28. The molecule has 2 amide bonds. The molecule has 3 N–H and O–H groups in total. The van der Waals surface area contributed by atoms with Crippen molar-refractivity contribution in [3.63, 3.8) is 0 Å². The predicted octanol–water partition coefficient (Wildman–Crippen LogP) is 2.46. The summed E-state index contributed by atoms with van der Waals surface area (Å²) < 4.78 is 0. The van der Waals surface area contributed by atoms with Gasteiger partial charge in [0.25, 0.3) is 5.95 Å². The van der Waals surface area contributed by atoms with Crippen molar-refractivity contribution in [2.45, 2.75) is 47.0 Å². The molecule has 0 aliphatic carbocycles. The van der Waals surface area contributed by atoms with Crippen LogP contribution < -0.4 is 10.9 Å². The lowest BCUT2D eigenvalue weighted by molar-refractivity contribution is -0.154. The molecule has 0 saturated heterocycles. The summed E-state index contributed by atoms with van der Waals surface area (Å²) in [5.74, 6) is -0.774. The smallest absolute Gasteiger partial charge is 0.262 e. The topological polar surface area (TPSA) is 120 Å². The summed E-state index contributed by atoms with van der Waals surface area (Å²) in [6.45, 7) is 8.15. The van der Waals surface area contributed by atoms with E-state index in [2.05, 4.69) is 46.8 Å². The number of fused-ring (bicyclic) bond motifs is 1. The van der Waals surface area contributed by atoms with Gasteiger partial charge < -0.3 is 0 Å². The standard InChI is InChI=1S/C19H28N6O3/c1-5-19(3,4)10-9-14(11-25(28)12-26)17(27)22-24-18-20-16-13(2)7-6-8-15(16)21-23-18/h6-8,12,14,28H,5,9-11H2,1-4H3,(H,22,27)(H,20,23,24)/t14-/m1/s1. The number of hydrazine groups is 1. The van der Waals surface area contributed by atoms with Gasteiger partial charge in [0.2, 0.25) is 12.3 Å². The summed E-state index contributed by atoms with van der Waals surface area (Å²) in [6.07, 6.45) is 2.56. The van der Waals surface area contributed by atoms with Gasteiger partial charge >= 0.3 is 0 Å². The molecule has 0 aliphatic heterocycles. The highest BCUT2D eigenvalue weighted by Gasteiger charge is 2.25. The number of hydrogen-bond donors (Lipinski definition) is 3. The minimum absolute atomic E-state index is 0.0658. The summed E-state index contributed by atoms with van der Waals surface area (Å²) in [7, 11) is 0. The van der Waals surface area contributed by atoms with Crippen molar-refractivity contribution in [3.8, 4) is 0 Å². The van der Waals surface area contributed by atoms with Gasteiger partial charge in [0.15, 0.2) is 0 Å². The number of carbonyl (C=O) groups excluding carboxylic acids is 2. The van der Waals surface area contributed by atoms with E-state index in [-0.39, 0.29) is 30.2 Å². The van der Waals surface area contributed by atoms with Crippen LogP contribution in [-0.4, -0.2) is 44.3 Å². The zero-order chi connectivity index (χ0) is 20.7. The van der Waals surface area contributed by atoms with Crippen LogP contribution in [0.25, 0.3) is 11.0 Å². The Labute approximate surface area is 164 Å². The van der Waals surface area contributed by atoms with Crippen molar-refractivity contribution in [3.05, 3.63) is 23.8 Å². The number of nitrogens with one attached hydrogen (secondary N) is 2. The number of amides is 2.